The number of thioether (sulfide) groups is 1. The van der Waals surface area contributed by atoms with Gasteiger partial charge in [-0.3, -0.25) is 4.79 Å². The van der Waals surface area contributed by atoms with Crippen LogP contribution in [0.2, 0.25) is 0 Å². The van der Waals surface area contributed by atoms with Crippen molar-refractivity contribution in [1.29, 1.82) is 0 Å². The lowest BCUT2D eigenvalue weighted by atomic mass is 10.0. The Kier molecular flexibility index (Phi) is 6.19. The maximum Gasteiger partial charge on any atom is 0.321 e. The lowest BCUT2D eigenvalue weighted by molar-refractivity contribution is -0.137. The normalized spacial score (nSPS) is 18.8. The number of hydrogen-bond donors (Lipinski definition) is 1. The van der Waals surface area contributed by atoms with E-state index in [0.29, 0.717) is 31.1 Å². The van der Waals surface area contributed by atoms with Crippen molar-refractivity contribution in [3.8, 4) is 5.75 Å². The van der Waals surface area contributed by atoms with Gasteiger partial charge in [-0.15, -0.1) is 11.8 Å². The van der Waals surface area contributed by atoms with Crippen LogP contribution in [-0.2, 0) is 4.79 Å². The number of para-hydroxylation sites is 2. The Bertz CT molecular complexity index is 687. The minimum absolute atomic E-state index is 0.0111. The molecule has 0 aliphatic carbocycles. The Balaban J connectivity index is 1.62. The van der Waals surface area contributed by atoms with Crippen molar-refractivity contribution in [3.05, 3.63) is 24.3 Å². The van der Waals surface area contributed by atoms with Crippen molar-refractivity contribution in [1.82, 2.24) is 9.80 Å². The molecule has 1 N–H and O–H groups in total. The van der Waals surface area contributed by atoms with Gasteiger partial charge >= 0.3 is 6.03 Å². The van der Waals surface area contributed by atoms with Gasteiger partial charge in [-0.25, -0.2) is 4.79 Å². The zero-order chi connectivity index (χ0) is 19.4. The van der Waals surface area contributed by atoms with E-state index in [-0.39, 0.29) is 22.7 Å². The first-order chi connectivity index (χ1) is 13.0. The summed E-state index contributed by atoms with van der Waals surface area (Å²) in [6.07, 6.45) is 1.63. The second-order valence-electron chi connectivity index (χ2n) is 7.29. The molecule has 0 atom stereocenters. The van der Waals surface area contributed by atoms with E-state index in [1.165, 1.54) is 0 Å². The van der Waals surface area contributed by atoms with E-state index in [1.54, 1.807) is 0 Å². The first-order valence-electron chi connectivity index (χ1n) is 9.70. The summed E-state index contributed by atoms with van der Waals surface area (Å²) >= 11 is 1.87. The molecule has 2 aliphatic heterocycles. The predicted octanol–water partition coefficient (Wildman–Crippen LogP) is 3.64. The molecular weight excluding hydrogens is 362 g/mol. The van der Waals surface area contributed by atoms with Gasteiger partial charge in [-0.2, -0.15) is 0 Å². The molecule has 6 nitrogen and oxygen atoms in total. The molecule has 2 aliphatic rings. The van der Waals surface area contributed by atoms with Crippen LogP contribution in [0.15, 0.2) is 24.3 Å². The third-order valence-corrected chi connectivity index (χ3v) is 6.75. The summed E-state index contributed by atoms with van der Waals surface area (Å²) in [6.45, 7) is 8.50. The molecule has 0 unspecified atom stereocenters. The number of benzene rings is 1. The third-order valence-electron chi connectivity index (χ3n) is 5.20. The fourth-order valence-corrected chi connectivity index (χ4v) is 5.21. The number of rotatable bonds is 4. The van der Waals surface area contributed by atoms with E-state index in [4.69, 9.17) is 4.74 Å². The van der Waals surface area contributed by atoms with E-state index in [2.05, 4.69) is 10.2 Å². The average molecular weight is 392 g/mol. The zero-order valence-electron chi connectivity index (χ0n) is 16.4. The molecule has 0 radical (unpaired) electrons. The molecule has 0 bridgehead atoms. The molecule has 0 aromatic heterocycles. The second kappa shape index (κ2) is 8.42. The number of nitrogens with zero attached hydrogens (tertiary/aromatic N) is 2. The van der Waals surface area contributed by atoms with Gasteiger partial charge in [-0.1, -0.05) is 26.0 Å². The van der Waals surface area contributed by atoms with E-state index in [0.717, 1.165) is 25.1 Å². The molecule has 27 heavy (non-hydrogen) atoms. The summed E-state index contributed by atoms with van der Waals surface area (Å²) in [5.74, 6) is 1.90. The van der Waals surface area contributed by atoms with Crippen LogP contribution in [-0.4, -0.2) is 58.6 Å². The van der Waals surface area contributed by atoms with E-state index < -0.39 is 0 Å². The van der Waals surface area contributed by atoms with Gasteiger partial charge in [0.15, 0.2) is 0 Å². The van der Waals surface area contributed by atoms with Crippen molar-refractivity contribution in [2.24, 2.45) is 5.92 Å². The van der Waals surface area contributed by atoms with E-state index >= 15 is 0 Å². The number of amides is 3. The van der Waals surface area contributed by atoms with Gasteiger partial charge in [0, 0.05) is 31.3 Å². The Labute approximate surface area is 165 Å². The third kappa shape index (κ3) is 4.18. The van der Waals surface area contributed by atoms with Crippen LogP contribution in [0.3, 0.4) is 0 Å². The van der Waals surface area contributed by atoms with E-state index in [9.17, 15) is 9.59 Å². The maximum absolute atomic E-state index is 12.7. The number of piperidine rings is 1. The monoisotopic (exact) mass is 391 g/mol. The quantitative estimate of drug-likeness (QED) is 0.851. The van der Waals surface area contributed by atoms with Crippen LogP contribution in [0.1, 0.15) is 33.6 Å². The van der Waals surface area contributed by atoms with Gasteiger partial charge in [0.2, 0.25) is 5.91 Å². The zero-order valence-corrected chi connectivity index (χ0v) is 17.2. The lowest BCUT2D eigenvalue weighted by Crippen LogP contribution is -2.55. The Morgan fingerprint density at radius 2 is 1.93 bits per heavy atom. The fourth-order valence-electron chi connectivity index (χ4n) is 3.75. The van der Waals surface area contributed by atoms with E-state index in [1.807, 2.05) is 61.7 Å². The Morgan fingerprint density at radius 1 is 1.22 bits per heavy atom. The van der Waals surface area contributed by atoms with Crippen LogP contribution in [0.5, 0.6) is 5.75 Å². The molecule has 2 fully saturated rings. The molecule has 3 amide bonds. The van der Waals surface area contributed by atoms with Crippen molar-refractivity contribution in [2.45, 2.75) is 38.5 Å². The van der Waals surface area contributed by atoms with Crippen LogP contribution in [0.4, 0.5) is 10.5 Å². The topological polar surface area (TPSA) is 61.9 Å². The van der Waals surface area contributed by atoms with Crippen molar-refractivity contribution in [3.63, 3.8) is 0 Å². The predicted molar refractivity (Wildman–Crippen MR) is 109 cm³/mol. The number of carbonyl (C=O) groups excluding carboxylic acids is 2. The number of hydrogen-bond acceptors (Lipinski definition) is 4. The number of anilines is 1. The number of nitrogens with one attached hydrogen (secondary N) is 1. The van der Waals surface area contributed by atoms with Crippen LogP contribution in [0.25, 0.3) is 0 Å². The standard InChI is InChI=1S/C20H29N3O3S/c1-4-26-17-8-6-5-7-16(17)21-19(25)22-11-9-20(10-12-22)23(13-14-27-20)18(24)15(2)3/h5-8,15H,4,9-14H2,1-3H3,(H,21,25). The van der Waals surface area contributed by atoms with Crippen molar-refractivity contribution < 1.29 is 14.3 Å². The molecular formula is C20H29N3O3S. The summed E-state index contributed by atoms with van der Waals surface area (Å²) in [4.78, 5) is 29.1. The highest BCUT2D eigenvalue weighted by molar-refractivity contribution is 8.00. The van der Waals surface area contributed by atoms with Gasteiger partial charge in [0.05, 0.1) is 17.2 Å². The molecule has 1 spiro atoms. The number of ether oxygens (including phenoxy) is 1. The highest BCUT2D eigenvalue weighted by Crippen LogP contribution is 2.44. The highest BCUT2D eigenvalue weighted by atomic mass is 32.2. The molecule has 2 saturated heterocycles. The van der Waals surface area contributed by atoms with Crippen molar-refractivity contribution in [2.75, 3.05) is 37.3 Å². The molecule has 0 saturated carbocycles. The molecule has 3 rings (SSSR count). The minimum atomic E-state index is -0.138. The number of carbonyl (C=O) groups is 2. The lowest BCUT2D eigenvalue weighted by Gasteiger charge is -2.44. The molecule has 7 heteroatoms. The molecule has 1 aromatic carbocycles. The Morgan fingerprint density at radius 3 is 2.59 bits per heavy atom. The number of urea groups is 1. The summed E-state index contributed by atoms with van der Waals surface area (Å²) in [5, 5.41) is 2.97. The molecule has 148 valence electrons. The second-order valence-corrected chi connectivity index (χ2v) is 8.74. The van der Waals surface area contributed by atoms with Gasteiger partial charge in [-0.05, 0) is 31.9 Å². The fraction of sp³-hybridized carbons (Fsp3) is 0.600. The van der Waals surface area contributed by atoms with Crippen LogP contribution < -0.4 is 10.1 Å². The summed E-state index contributed by atoms with van der Waals surface area (Å²) < 4.78 is 5.58. The molecule has 1 aromatic rings. The number of likely N-dealkylation sites (tertiary alicyclic amines) is 1. The smallest absolute Gasteiger partial charge is 0.321 e. The molecule has 2 heterocycles. The highest BCUT2D eigenvalue weighted by Gasteiger charge is 2.47. The minimum Gasteiger partial charge on any atom is -0.492 e. The SMILES string of the molecule is CCOc1ccccc1NC(=O)N1CCC2(CC1)SCCN2C(=O)C(C)C. The first-order valence-corrected chi connectivity index (χ1v) is 10.7. The first kappa shape index (κ1) is 19.9. The maximum atomic E-state index is 12.7. The average Bonchev–Trinajstić information content (AvgIpc) is 3.06. The summed E-state index contributed by atoms with van der Waals surface area (Å²) in [7, 11) is 0. The summed E-state index contributed by atoms with van der Waals surface area (Å²) in [5.41, 5.74) is 0.691. The van der Waals surface area contributed by atoms with Gasteiger partial charge in [0.1, 0.15) is 5.75 Å². The Hall–Kier alpha value is -1.89. The van der Waals surface area contributed by atoms with Gasteiger partial charge < -0.3 is 19.9 Å². The van der Waals surface area contributed by atoms with Gasteiger partial charge in [0.25, 0.3) is 0 Å². The summed E-state index contributed by atoms with van der Waals surface area (Å²) in [6, 6.07) is 7.37. The van der Waals surface area contributed by atoms with Crippen molar-refractivity contribution >= 4 is 29.4 Å². The largest absolute Gasteiger partial charge is 0.492 e. The van der Waals surface area contributed by atoms with Crippen LogP contribution >= 0.6 is 11.8 Å². The van der Waals surface area contributed by atoms with Crippen LogP contribution in [0, 0.1) is 5.92 Å².